The maximum absolute atomic E-state index is 8.86. The lowest BCUT2D eigenvalue weighted by Gasteiger charge is -2.32. The van der Waals surface area contributed by atoms with E-state index >= 15 is 0 Å². The third-order valence-corrected chi connectivity index (χ3v) is 4.48. The van der Waals surface area contributed by atoms with Crippen LogP contribution in [0, 0.1) is 11.3 Å². The Morgan fingerprint density at radius 1 is 1.28 bits per heavy atom. The Morgan fingerprint density at radius 3 is 2.60 bits per heavy atom. The Hall–Kier alpha value is -2.43. The molecule has 0 bridgehead atoms. The molecule has 0 unspecified atom stereocenters. The van der Waals surface area contributed by atoms with Gasteiger partial charge in [-0.15, -0.1) is 0 Å². The molecule has 0 atom stereocenters. The van der Waals surface area contributed by atoms with Crippen molar-refractivity contribution in [1.29, 1.82) is 5.26 Å². The van der Waals surface area contributed by atoms with Gasteiger partial charge in [0, 0.05) is 26.7 Å². The van der Waals surface area contributed by atoms with Crippen molar-refractivity contribution >= 4 is 5.95 Å². The van der Waals surface area contributed by atoms with Gasteiger partial charge in [-0.2, -0.15) is 10.2 Å². The van der Waals surface area contributed by atoms with E-state index in [4.69, 9.17) is 9.78 Å². The SMILES string of the molecule is CN(C)c1noc(CNC2CCN(Cc3ccc(C#N)cc3)CC2)n1. The average Bonchev–Trinajstić information content (AvgIpc) is 3.11. The average molecular weight is 340 g/mol. The van der Waals surface area contributed by atoms with Gasteiger partial charge in [-0.25, -0.2) is 0 Å². The largest absolute Gasteiger partial charge is 0.344 e. The molecule has 0 aliphatic carbocycles. The number of nitriles is 1. The second kappa shape index (κ2) is 8.10. The predicted octanol–water partition coefficient (Wildman–Crippen LogP) is 1.76. The normalized spacial score (nSPS) is 15.9. The highest BCUT2D eigenvalue weighted by Gasteiger charge is 2.19. The van der Waals surface area contributed by atoms with Crippen molar-refractivity contribution in [2.24, 2.45) is 0 Å². The summed E-state index contributed by atoms with van der Waals surface area (Å²) >= 11 is 0. The molecule has 1 fully saturated rings. The standard InChI is InChI=1S/C18H24N6O/c1-23(2)18-21-17(25-22-18)12-20-16-7-9-24(10-8-16)13-15-5-3-14(11-19)4-6-15/h3-6,16,20H,7-10,12-13H2,1-2H3. The summed E-state index contributed by atoms with van der Waals surface area (Å²) in [5.41, 5.74) is 1.97. The fourth-order valence-corrected chi connectivity index (χ4v) is 2.97. The first kappa shape index (κ1) is 17.4. The van der Waals surface area contributed by atoms with Crippen LogP contribution in [0.3, 0.4) is 0 Å². The molecule has 3 rings (SSSR count). The summed E-state index contributed by atoms with van der Waals surface area (Å²) < 4.78 is 5.24. The molecule has 1 N–H and O–H groups in total. The molecule has 7 nitrogen and oxygen atoms in total. The van der Waals surface area contributed by atoms with Gasteiger partial charge in [0.1, 0.15) is 0 Å². The van der Waals surface area contributed by atoms with E-state index in [-0.39, 0.29) is 0 Å². The molecule has 1 aromatic heterocycles. The van der Waals surface area contributed by atoms with Crippen LogP contribution in [0.2, 0.25) is 0 Å². The first-order chi connectivity index (χ1) is 12.1. The summed E-state index contributed by atoms with van der Waals surface area (Å²) in [6.45, 7) is 3.67. The predicted molar refractivity (Wildman–Crippen MR) is 94.9 cm³/mol. The fraction of sp³-hybridized carbons (Fsp3) is 0.500. The van der Waals surface area contributed by atoms with Crippen molar-refractivity contribution in [3.63, 3.8) is 0 Å². The minimum atomic E-state index is 0.479. The molecule has 0 radical (unpaired) electrons. The lowest BCUT2D eigenvalue weighted by molar-refractivity contribution is 0.187. The van der Waals surface area contributed by atoms with E-state index in [2.05, 4.69) is 26.4 Å². The lowest BCUT2D eigenvalue weighted by atomic mass is 10.0. The van der Waals surface area contributed by atoms with Gasteiger partial charge in [0.2, 0.25) is 5.89 Å². The highest BCUT2D eigenvalue weighted by Crippen LogP contribution is 2.15. The van der Waals surface area contributed by atoms with Crippen LogP contribution in [0.15, 0.2) is 28.8 Å². The van der Waals surface area contributed by atoms with Crippen molar-refractivity contribution in [3.8, 4) is 6.07 Å². The third-order valence-electron chi connectivity index (χ3n) is 4.48. The first-order valence-electron chi connectivity index (χ1n) is 8.59. The van der Waals surface area contributed by atoms with Gasteiger partial charge in [0.05, 0.1) is 18.2 Å². The number of hydrogen-bond donors (Lipinski definition) is 1. The molecule has 25 heavy (non-hydrogen) atoms. The number of likely N-dealkylation sites (tertiary alicyclic amines) is 1. The minimum Gasteiger partial charge on any atom is -0.344 e. The quantitative estimate of drug-likeness (QED) is 0.858. The van der Waals surface area contributed by atoms with Gasteiger partial charge in [-0.1, -0.05) is 12.1 Å². The van der Waals surface area contributed by atoms with Crippen LogP contribution < -0.4 is 10.2 Å². The van der Waals surface area contributed by atoms with Gasteiger partial charge in [0.15, 0.2) is 0 Å². The zero-order chi connectivity index (χ0) is 17.6. The summed E-state index contributed by atoms with van der Waals surface area (Å²) in [6.07, 6.45) is 2.20. The summed E-state index contributed by atoms with van der Waals surface area (Å²) in [4.78, 5) is 8.61. The zero-order valence-corrected chi connectivity index (χ0v) is 14.8. The summed E-state index contributed by atoms with van der Waals surface area (Å²) in [5.74, 6) is 1.23. The number of hydrogen-bond acceptors (Lipinski definition) is 7. The third kappa shape index (κ3) is 4.78. The number of piperidine rings is 1. The van der Waals surface area contributed by atoms with Crippen LogP contribution in [-0.2, 0) is 13.1 Å². The Bertz CT molecular complexity index is 710. The van der Waals surface area contributed by atoms with Crippen LogP contribution in [0.25, 0.3) is 0 Å². The second-order valence-electron chi connectivity index (χ2n) is 6.62. The van der Waals surface area contributed by atoms with E-state index < -0.39 is 0 Å². The Kier molecular flexibility index (Phi) is 5.64. The maximum atomic E-state index is 8.86. The molecule has 2 aromatic rings. The second-order valence-corrected chi connectivity index (χ2v) is 6.62. The van der Waals surface area contributed by atoms with Crippen LogP contribution in [0.1, 0.15) is 29.9 Å². The van der Waals surface area contributed by atoms with E-state index in [1.807, 2.05) is 43.3 Å². The molecule has 1 saturated heterocycles. The highest BCUT2D eigenvalue weighted by molar-refractivity contribution is 5.31. The monoisotopic (exact) mass is 340 g/mol. The lowest BCUT2D eigenvalue weighted by Crippen LogP contribution is -2.41. The van der Waals surface area contributed by atoms with E-state index in [9.17, 15) is 0 Å². The number of aromatic nitrogens is 2. The topological polar surface area (TPSA) is 81.2 Å². The maximum Gasteiger partial charge on any atom is 0.265 e. The molecule has 0 spiro atoms. The molecule has 7 heteroatoms. The van der Waals surface area contributed by atoms with Gasteiger partial charge in [-0.3, -0.25) is 4.90 Å². The molecule has 2 heterocycles. The van der Waals surface area contributed by atoms with Gasteiger partial charge in [-0.05, 0) is 48.8 Å². The van der Waals surface area contributed by atoms with E-state index in [1.54, 1.807) is 0 Å². The van der Waals surface area contributed by atoms with E-state index in [0.29, 0.717) is 30.0 Å². The van der Waals surface area contributed by atoms with E-state index in [0.717, 1.165) is 32.5 Å². The van der Waals surface area contributed by atoms with Crippen molar-refractivity contribution in [2.45, 2.75) is 32.0 Å². The number of nitrogens with one attached hydrogen (secondary N) is 1. The Balaban J connectivity index is 1.41. The minimum absolute atomic E-state index is 0.479. The van der Waals surface area contributed by atoms with Gasteiger partial charge in [0.25, 0.3) is 5.95 Å². The summed E-state index contributed by atoms with van der Waals surface area (Å²) in [5, 5.41) is 16.3. The van der Waals surface area contributed by atoms with Crippen LogP contribution in [0.5, 0.6) is 0 Å². The molecule has 0 saturated carbocycles. The fourth-order valence-electron chi connectivity index (χ4n) is 2.97. The highest BCUT2D eigenvalue weighted by atomic mass is 16.5. The Labute approximate surface area is 148 Å². The van der Waals surface area contributed by atoms with Crippen molar-refractivity contribution in [3.05, 3.63) is 41.3 Å². The van der Waals surface area contributed by atoms with Gasteiger partial charge >= 0.3 is 0 Å². The van der Waals surface area contributed by atoms with Crippen LogP contribution in [0.4, 0.5) is 5.95 Å². The molecular weight excluding hydrogens is 316 g/mol. The molecular formula is C18H24N6O. The van der Waals surface area contributed by atoms with Crippen molar-refractivity contribution in [2.75, 3.05) is 32.1 Å². The van der Waals surface area contributed by atoms with Crippen LogP contribution in [-0.4, -0.2) is 48.3 Å². The van der Waals surface area contributed by atoms with Crippen LogP contribution >= 0.6 is 0 Å². The molecule has 1 aromatic carbocycles. The first-order valence-corrected chi connectivity index (χ1v) is 8.59. The number of anilines is 1. The molecule has 1 aliphatic heterocycles. The summed E-state index contributed by atoms with van der Waals surface area (Å²) in [7, 11) is 3.79. The Morgan fingerprint density at radius 2 is 2.00 bits per heavy atom. The number of rotatable bonds is 6. The van der Waals surface area contributed by atoms with Gasteiger partial charge < -0.3 is 14.7 Å². The molecule has 0 amide bonds. The smallest absolute Gasteiger partial charge is 0.265 e. The zero-order valence-electron chi connectivity index (χ0n) is 14.8. The molecule has 132 valence electrons. The molecule has 1 aliphatic rings. The number of nitrogens with zero attached hydrogens (tertiary/aromatic N) is 5. The van der Waals surface area contributed by atoms with Crippen molar-refractivity contribution < 1.29 is 4.52 Å². The van der Waals surface area contributed by atoms with Crippen molar-refractivity contribution in [1.82, 2.24) is 20.4 Å². The van der Waals surface area contributed by atoms with E-state index in [1.165, 1.54) is 5.56 Å². The number of benzene rings is 1. The summed E-state index contributed by atoms with van der Waals surface area (Å²) in [6, 6.07) is 10.5.